The Kier molecular flexibility index (Phi) is 5.38. The van der Waals surface area contributed by atoms with Crippen LogP contribution in [-0.2, 0) is 14.8 Å². The van der Waals surface area contributed by atoms with Gasteiger partial charge >= 0.3 is 0 Å². The van der Waals surface area contributed by atoms with E-state index in [-0.39, 0.29) is 17.9 Å². The van der Waals surface area contributed by atoms with Gasteiger partial charge in [-0.15, -0.1) is 11.3 Å². The average molecular weight is 303 g/mol. The highest BCUT2D eigenvalue weighted by Crippen LogP contribution is 2.23. The quantitative estimate of drug-likeness (QED) is 0.842. The fourth-order valence-corrected chi connectivity index (χ4v) is 4.62. The van der Waals surface area contributed by atoms with Gasteiger partial charge in [0.25, 0.3) is 0 Å². The Hall–Kier alpha value is -0.430. The van der Waals surface area contributed by atoms with Gasteiger partial charge in [-0.05, 0) is 37.1 Å². The van der Waals surface area contributed by atoms with Crippen LogP contribution in [0.3, 0.4) is 0 Å². The Balaban J connectivity index is 1.88. The summed E-state index contributed by atoms with van der Waals surface area (Å²) in [6.45, 7) is 2.76. The van der Waals surface area contributed by atoms with E-state index in [4.69, 9.17) is 4.74 Å². The van der Waals surface area contributed by atoms with E-state index in [1.54, 1.807) is 11.3 Å². The largest absolute Gasteiger partial charge is 0.378 e. The number of thiophene rings is 1. The molecule has 1 aromatic heterocycles. The summed E-state index contributed by atoms with van der Waals surface area (Å²) in [5.74, 6) is 0.152. The van der Waals surface area contributed by atoms with Gasteiger partial charge in [-0.2, -0.15) is 0 Å². The average Bonchev–Trinajstić information content (AvgIpc) is 3.06. The number of hydrogen-bond donors (Lipinski definition) is 1. The lowest BCUT2D eigenvalue weighted by molar-refractivity contribution is 0.108. The van der Waals surface area contributed by atoms with Crippen LogP contribution in [0.15, 0.2) is 17.5 Å². The van der Waals surface area contributed by atoms with Gasteiger partial charge in [-0.3, -0.25) is 0 Å². The molecule has 0 amide bonds. The molecule has 0 bridgehead atoms. The smallest absolute Gasteiger partial charge is 0.212 e. The van der Waals surface area contributed by atoms with Gasteiger partial charge < -0.3 is 4.74 Å². The number of rotatable bonds is 7. The predicted molar refractivity (Wildman–Crippen MR) is 77.9 cm³/mol. The maximum atomic E-state index is 12.1. The highest BCUT2D eigenvalue weighted by Gasteiger charge is 2.22. The first-order valence-electron chi connectivity index (χ1n) is 6.75. The van der Waals surface area contributed by atoms with Crippen LogP contribution in [0.2, 0.25) is 0 Å². The topological polar surface area (TPSA) is 55.4 Å². The van der Waals surface area contributed by atoms with E-state index >= 15 is 0 Å². The zero-order chi connectivity index (χ0) is 13.7. The van der Waals surface area contributed by atoms with E-state index in [9.17, 15) is 8.42 Å². The van der Waals surface area contributed by atoms with Crippen molar-refractivity contribution in [3.63, 3.8) is 0 Å². The Morgan fingerprint density at radius 2 is 2.42 bits per heavy atom. The van der Waals surface area contributed by atoms with Gasteiger partial charge in [0, 0.05) is 11.5 Å². The normalized spacial score (nSPS) is 21.6. The Morgan fingerprint density at radius 1 is 1.58 bits per heavy atom. The molecule has 1 aliphatic rings. The van der Waals surface area contributed by atoms with Gasteiger partial charge in [-0.1, -0.05) is 13.0 Å². The third-order valence-corrected chi connectivity index (χ3v) is 5.75. The first kappa shape index (κ1) is 15.0. The fourth-order valence-electron chi connectivity index (χ4n) is 2.27. The second kappa shape index (κ2) is 6.83. The summed E-state index contributed by atoms with van der Waals surface area (Å²) < 4.78 is 32.4. The molecule has 0 radical (unpaired) electrons. The molecule has 2 rings (SSSR count). The van der Waals surface area contributed by atoms with E-state index in [1.807, 2.05) is 24.4 Å². The maximum absolute atomic E-state index is 12.1. The Morgan fingerprint density at radius 3 is 3.00 bits per heavy atom. The van der Waals surface area contributed by atoms with E-state index in [0.717, 1.165) is 30.7 Å². The highest BCUT2D eigenvalue weighted by atomic mass is 32.2. The number of nitrogens with one attached hydrogen (secondary N) is 1. The first-order chi connectivity index (χ1) is 9.11. The molecule has 108 valence electrons. The summed E-state index contributed by atoms with van der Waals surface area (Å²) in [6.07, 6.45) is 3.51. The van der Waals surface area contributed by atoms with Crippen LogP contribution in [0.5, 0.6) is 0 Å². The minimum Gasteiger partial charge on any atom is -0.378 e. The number of ether oxygens (including phenoxy) is 1. The summed E-state index contributed by atoms with van der Waals surface area (Å²) in [4.78, 5) is 1.07. The summed E-state index contributed by atoms with van der Waals surface area (Å²) in [6, 6.07) is 3.82. The molecular weight excluding hydrogens is 282 g/mol. The van der Waals surface area contributed by atoms with Crippen LogP contribution < -0.4 is 4.72 Å². The molecule has 19 heavy (non-hydrogen) atoms. The molecule has 0 spiro atoms. The van der Waals surface area contributed by atoms with Crippen molar-refractivity contribution in [2.75, 3.05) is 12.4 Å². The summed E-state index contributed by atoms with van der Waals surface area (Å²) in [7, 11) is -3.23. The molecule has 2 heterocycles. The van der Waals surface area contributed by atoms with E-state index in [0.29, 0.717) is 6.42 Å². The molecule has 6 heteroatoms. The zero-order valence-corrected chi connectivity index (χ0v) is 12.8. The third-order valence-electron chi connectivity index (χ3n) is 3.35. The molecule has 0 unspecified atom stereocenters. The molecule has 1 N–H and O–H groups in total. The minimum atomic E-state index is -3.23. The van der Waals surface area contributed by atoms with Crippen LogP contribution in [0, 0.1) is 0 Å². The van der Waals surface area contributed by atoms with E-state index < -0.39 is 10.0 Å². The maximum Gasteiger partial charge on any atom is 0.212 e. The molecular formula is C13H21NO3S2. The Labute approximate surface area is 119 Å². The van der Waals surface area contributed by atoms with Crippen molar-refractivity contribution in [3.05, 3.63) is 22.4 Å². The molecule has 1 saturated heterocycles. The van der Waals surface area contributed by atoms with Crippen molar-refractivity contribution >= 4 is 21.4 Å². The van der Waals surface area contributed by atoms with Gasteiger partial charge in [-0.25, -0.2) is 13.1 Å². The van der Waals surface area contributed by atoms with Crippen molar-refractivity contribution in [2.24, 2.45) is 0 Å². The molecule has 2 atom stereocenters. The van der Waals surface area contributed by atoms with Gasteiger partial charge in [0.05, 0.1) is 17.9 Å². The summed E-state index contributed by atoms with van der Waals surface area (Å²) in [5, 5.41) is 1.97. The van der Waals surface area contributed by atoms with Gasteiger partial charge in [0.2, 0.25) is 10.0 Å². The lowest BCUT2D eigenvalue weighted by Gasteiger charge is -2.16. The number of hydrogen-bond acceptors (Lipinski definition) is 4. The summed E-state index contributed by atoms with van der Waals surface area (Å²) in [5.41, 5.74) is 0. The van der Waals surface area contributed by atoms with Crippen molar-refractivity contribution < 1.29 is 13.2 Å². The van der Waals surface area contributed by atoms with Crippen LogP contribution >= 0.6 is 11.3 Å². The molecule has 1 aliphatic heterocycles. The lowest BCUT2D eigenvalue weighted by atomic mass is 10.2. The SMILES string of the molecule is CC[C@@H](NS(=O)(=O)CC[C@H]1CCCO1)c1cccs1. The van der Waals surface area contributed by atoms with E-state index in [1.165, 1.54) is 0 Å². The van der Waals surface area contributed by atoms with Crippen LogP contribution in [-0.4, -0.2) is 26.9 Å². The fraction of sp³-hybridized carbons (Fsp3) is 0.692. The molecule has 0 saturated carbocycles. The van der Waals surface area contributed by atoms with Crippen molar-refractivity contribution in [1.29, 1.82) is 0 Å². The lowest BCUT2D eigenvalue weighted by Crippen LogP contribution is -2.31. The highest BCUT2D eigenvalue weighted by molar-refractivity contribution is 7.89. The minimum absolute atomic E-state index is 0.102. The van der Waals surface area contributed by atoms with Crippen molar-refractivity contribution in [1.82, 2.24) is 4.72 Å². The zero-order valence-electron chi connectivity index (χ0n) is 11.2. The van der Waals surface area contributed by atoms with Gasteiger partial charge in [0.15, 0.2) is 0 Å². The molecule has 4 nitrogen and oxygen atoms in total. The molecule has 0 aliphatic carbocycles. The number of sulfonamides is 1. The first-order valence-corrected chi connectivity index (χ1v) is 9.29. The van der Waals surface area contributed by atoms with Crippen molar-refractivity contribution in [3.8, 4) is 0 Å². The second-order valence-electron chi connectivity index (χ2n) is 4.84. The van der Waals surface area contributed by atoms with Crippen molar-refractivity contribution in [2.45, 2.75) is 44.8 Å². The predicted octanol–water partition coefficient (Wildman–Crippen LogP) is 2.69. The van der Waals surface area contributed by atoms with Crippen LogP contribution in [0.25, 0.3) is 0 Å². The molecule has 0 aromatic carbocycles. The monoisotopic (exact) mass is 303 g/mol. The standard InChI is InChI=1S/C13H21NO3S2/c1-2-12(13-6-4-9-18-13)14-19(15,16)10-7-11-5-3-8-17-11/h4,6,9,11-12,14H,2-3,5,7-8,10H2,1H3/t11-,12-/m1/s1. The molecule has 1 fully saturated rings. The Bertz CT molecular complexity index is 464. The third kappa shape index (κ3) is 4.56. The van der Waals surface area contributed by atoms with E-state index in [2.05, 4.69) is 4.72 Å². The summed E-state index contributed by atoms with van der Waals surface area (Å²) >= 11 is 1.59. The van der Waals surface area contributed by atoms with Crippen LogP contribution in [0.1, 0.15) is 43.5 Å². The van der Waals surface area contributed by atoms with Gasteiger partial charge in [0.1, 0.15) is 0 Å². The van der Waals surface area contributed by atoms with Crippen LogP contribution in [0.4, 0.5) is 0 Å². The second-order valence-corrected chi connectivity index (χ2v) is 7.69. The molecule has 1 aromatic rings.